The number of aryl methyl sites for hydroxylation is 1. The second kappa shape index (κ2) is 5.88. The monoisotopic (exact) mass is 330 g/mol. The second-order valence-corrected chi connectivity index (χ2v) is 8.15. The van der Waals surface area contributed by atoms with E-state index in [1.807, 2.05) is 24.3 Å². The Labute approximate surface area is 124 Å². The Hall–Kier alpha value is -1.22. The van der Waals surface area contributed by atoms with Gasteiger partial charge in [0.1, 0.15) is 0 Å². The molecule has 0 heterocycles. The van der Waals surface area contributed by atoms with Gasteiger partial charge in [-0.15, -0.1) is 0 Å². The summed E-state index contributed by atoms with van der Waals surface area (Å²) in [5.41, 5.74) is 2.70. The molecular formula is C13H14O6S2-2. The van der Waals surface area contributed by atoms with Crippen molar-refractivity contribution in [1.29, 1.82) is 0 Å². The van der Waals surface area contributed by atoms with Crippen LogP contribution in [0.25, 0.3) is 6.08 Å². The Morgan fingerprint density at radius 1 is 1.05 bits per heavy atom. The normalized spacial score (nSPS) is 17.0. The van der Waals surface area contributed by atoms with Gasteiger partial charge >= 0.3 is 0 Å². The minimum Gasteiger partial charge on any atom is -0.748 e. The Morgan fingerprint density at radius 3 is 2.33 bits per heavy atom. The molecule has 0 spiro atoms. The first-order valence-corrected chi connectivity index (χ1v) is 9.35. The first-order valence-electron chi connectivity index (χ1n) is 6.31. The van der Waals surface area contributed by atoms with Crippen LogP contribution in [0.3, 0.4) is 0 Å². The summed E-state index contributed by atoms with van der Waals surface area (Å²) in [6.45, 7) is 0. The van der Waals surface area contributed by atoms with Crippen LogP contribution in [0.2, 0.25) is 0 Å². The van der Waals surface area contributed by atoms with Crippen LogP contribution < -0.4 is 0 Å². The minimum absolute atomic E-state index is 0.221. The summed E-state index contributed by atoms with van der Waals surface area (Å²) >= 11 is 0. The fourth-order valence-corrected chi connectivity index (χ4v) is 4.57. The van der Waals surface area contributed by atoms with E-state index in [0.29, 0.717) is 18.4 Å². The molecule has 0 aliphatic heterocycles. The van der Waals surface area contributed by atoms with Gasteiger partial charge in [-0.05, 0) is 30.4 Å². The number of allylic oxidation sites excluding steroid dienone is 1. The first kappa shape index (κ1) is 16.2. The SMILES string of the molecule is O=S(=O)([O-])CC(CC1=Cc2ccccc2CC1)S(=O)(=O)[O-]. The molecule has 0 fully saturated rings. The number of hydrogen-bond acceptors (Lipinski definition) is 6. The lowest BCUT2D eigenvalue weighted by atomic mass is 9.90. The van der Waals surface area contributed by atoms with E-state index in [1.54, 1.807) is 6.08 Å². The summed E-state index contributed by atoms with van der Waals surface area (Å²) in [7, 11) is -9.62. The van der Waals surface area contributed by atoms with Gasteiger partial charge in [-0.25, -0.2) is 16.8 Å². The molecule has 2 rings (SSSR count). The van der Waals surface area contributed by atoms with Gasteiger partial charge in [0.2, 0.25) is 0 Å². The Balaban J connectivity index is 2.25. The zero-order valence-electron chi connectivity index (χ0n) is 11.1. The maximum absolute atomic E-state index is 11.1. The van der Waals surface area contributed by atoms with E-state index in [1.165, 1.54) is 0 Å². The molecule has 1 aromatic rings. The zero-order valence-corrected chi connectivity index (χ0v) is 12.7. The first-order chi connectivity index (χ1) is 9.65. The highest BCUT2D eigenvalue weighted by atomic mass is 32.2. The molecule has 1 atom stereocenters. The average Bonchev–Trinajstić information content (AvgIpc) is 2.35. The van der Waals surface area contributed by atoms with Crippen molar-refractivity contribution < 1.29 is 25.9 Å². The van der Waals surface area contributed by atoms with Crippen molar-refractivity contribution >= 4 is 26.3 Å². The maximum Gasteiger partial charge on any atom is 0.0988 e. The van der Waals surface area contributed by atoms with E-state index in [2.05, 4.69) is 0 Å². The van der Waals surface area contributed by atoms with Gasteiger partial charge in [-0.3, -0.25) is 0 Å². The molecule has 0 amide bonds. The number of hydrogen-bond donors (Lipinski definition) is 0. The quantitative estimate of drug-likeness (QED) is 0.740. The van der Waals surface area contributed by atoms with Crippen LogP contribution >= 0.6 is 0 Å². The summed E-state index contributed by atoms with van der Waals surface area (Å²) in [6, 6.07) is 7.54. The molecule has 0 radical (unpaired) electrons. The third-order valence-corrected chi connectivity index (χ3v) is 5.59. The van der Waals surface area contributed by atoms with E-state index < -0.39 is 31.2 Å². The number of rotatable bonds is 5. The van der Waals surface area contributed by atoms with Crippen molar-refractivity contribution in [2.75, 3.05) is 5.75 Å². The summed E-state index contributed by atoms with van der Waals surface area (Å²) in [5.74, 6) is -1.18. The van der Waals surface area contributed by atoms with Crippen LogP contribution in [0.5, 0.6) is 0 Å². The van der Waals surface area contributed by atoms with Crippen LogP contribution in [0, 0.1) is 0 Å². The molecule has 0 N–H and O–H groups in total. The number of benzene rings is 1. The van der Waals surface area contributed by atoms with Crippen LogP contribution in [0.4, 0.5) is 0 Å². The molecule has 0 aromatic heterocycles. The van der Waals surface area contributed by atoms with Crippen molar-refractivity contribution in [3.63, 3.8) is 0 Å². The summed E-state index contributed by atoms with van der Waals surface area (Å²) in [6.07, 6.45) is 2.77. The van der Waals surface area contributed by atoms with Crippen LogP contribution in [-0.4, -0.2) is 36.9 Å². The van der Waals surface area contributed by atoms with E-state index >= 15 is 0 Å². The summed E-state index contributed by atoms with van der Waals surface area (Å²) in [5, 5.41) is -1.73. The van der Waals surface area contributed by atoms with Crippen molar-refractivity contribution in [1.82, 2.24) is 0 Å². The lowest BCUT2D eigenvalue weighted by Gasteiger charge is -2.25. The Kier molecular flexibility index (Phi) is 4.52. The van der Waals surface area contributed by atoms with E-state index in [9.17, 15) is 25.9 Å². The fraction of sp³-hybridized carbons (Fsp3) is 0.385. The highest BCUT2D eigenvalue weighted by Crippen LogP contribution is 2.27. The topological polar surface area (TPSA) is 114 Å². The van der Waals surface area contributed by atoms with Gasteiger partial charge in [0.15, 0.2) is 0 Å². The van der Waals surface area contributed by atoms with Crippen molar-refractivity contribution in [2.45, 2.75) is 24.5 Å². The standard InChI is InChI=1S/C13H16O6S2/c14-20(15,16)9-13(21(17,18)19)8-10-5-6-11-3-1-2-4-12(11)7-10/h1-4,7,13H,5-6,8-9H2,(H,14,15,16)(H,17,18,19)/p-2. The predicted molar refractivity (Wildman–Crippen MR) is 75.4 cm³/mol. The van der Waals surface area contributed by atoms with Crippen molar-refractivity contribution in [3.05, 3.63) is 41.0 Å². The van der Waals surface area contributed by atoms with Gasteiger partial charge in [0, 0.05) is 0 Å². The third-order valence-electron chi connectivity index (χ3n) is 3.42. The van der Waals surface area contributed by atoms with Gasteiger partial charge in [-0.2, -0.15) is 0 Å². The highest BCUT2D eigenvalue weighted by Gasteiger charge is 2.22. The van der Waals surface area contributed by atoms with Crippen molar-refractivity contribution in [3.8, 4) is 0 Å². The van der Waals surface area contributed by atoms with E-state index in [0.717, 1.165) is 11.1 Å². The molecule has 1 aromatic carbocycles. The zero-order chi connectivity index (χ0) is 15.7. The smallest absolute Gasteiger partial charge is 0.0988 e. The molecule has 6 nitrogen and oxygen atoms in total. The highest BCUT2D eigenvalue weighted by molar-refractivity contribution is 7.90. The Morgan fingerprint density at radius 2 is 1.71 bits per heavy atom. The average molecular weight is 330 g/mol. The second-order valence-electron chi connectivity index (χ2n) is 5.04. The molecule has 1 aliphatic rings. The van der Waals surface area contributed by atoms with Crippen LogP contribution in [0.1, 0.15) is 24.0 Å². The summed E-state index contributed by atoms with van der Waals surface area (Å²) in [4.78, 5) is 0. The molecule has 0 bridgehead atoms. The molecule has 116 valence electrons. The van der Waals surface area contributed by atoms with Gasteiger partial charge < -0.3 is 9.11 Å². The Bertz CT molecular complexity index is 762. The van der Waals surface area contributed by atoms with Gasteiger partial charge in [0.25, 0.3) is 0 Å². The minimum atomic E-state index is -4.84. The molecule has 0 saturated heterocycles. The fourth-order valence-electron chi connectivity index (χ4n) is 2.42. The maximum atomic E-state index is 11.1. The molecular weight excluding hydrogens is 316 g/mol. The van der Waals surface area contributed by atoms with Crippen LogP contribution in [0.15, 0.2) is 29.8 Å². The molecule has 8 heteroatoms. The number of fused-ring (bicyclic) bond motifs is 1. The lowest BCUT2D eigenvalue weighted by molar-refractivity contribution is 0.437. The van der Waals surface area contributed by atoms with Crippen LogP contribution in [-0.2, 0) is 26.7 Å². The van der Waals surface area contributed by atoms with E-state index in [-0.39, 0.29) is 6.42 Å². The van der Waals surface area contributed by atoms with Crippen molar-refractivity contribution in [2.24, 2.45) is 0 Å². The van der Waals surface area contributed by atoms with Gasteiger partial charge in [0.05, 0.1) is 31.2 Å². The molecule has 21 heavy (non-hydrogen) atoms. The molecule has 1 unspecified atom stereocenters. The molecule has 1 aliphatic carbocycles. The third kappa shape index (κ3) is 4.63. The largest absolute Gasteiger partial charge is 0.748 e. The van der Waals surface area contributed by atoms with Gasteiger partial charge in [-0.1, -0.05) is 35.9 Å². The predicted octanol–water partition coefficient (Wildman–Crippen LogP) is 0.865. The molecule has 0 saturated carbocycles. The lowest BCUT2D eigenvalue weighted by Crippen LogP contribution is -2.30. The van der Waals surface area contributed by atoms with E-state index in [4.69, 9.17) is 0 Å². The summed E-state index contributed by atoms with van der Waals surface area (Å²) < 4.78 is 65.7.